The average Bonchev–Trinajstić information content (AvgIpc) is 2.99. The van der Waals surface area contributed by atoms with Crippen molar-refractivity contribution in [3.05, 3.63) is 29.8 Å². The van der Waals surface area contributed by atoms with Gasteiger partial charge in [-0.1, -0.05) is 31.5 Å². The van der Waals surface area contributed by atoms with Crippen LogP contribution in [0.4, 0.5) is 0 Å². The molecule has 3 N–H and O–H groups in total. The molecule has 1 saturated heterocycles. The molecule has 1 heterocycles. The third-order valence-electron chi connectivity index (χ3n) is 4.92. The van der Waals surface area contributed by atoms with Gasteiger partial charge in [0.15, 0.2) is 6.61 Å². The van der Waals surface area contributed by atoms with E-state index in [1.54, 1.807) is 0 Å². The lowest BCUT2D eigenvalue weighted by atomic mass is 9.91. The molecule has 0 aromatic heterocycles. The van der Waals surface area contributed by atoms with Crippen LogP contribution in [0.5, 0.6) is 5.75 Å². The van der Waals surface area contributed by atoms with Crippen molar-refractivity contribution in [1.82, 2.24) is 10.2 Å². The molecule has 0 saturated carbocycles. The maximum Gasteiger partial charge on any atom is 0.258 e. The minimum absolute atomic E-state index is 0.00489. The number of hydrogen-bond donors (Lipinski definition) is 3. The van der Waals surface area contributed by atoms with Gasteiger partial charge < -0.3 is 20.3 Å². The molecular formula is C19H30N2O4. The van der Waals surface area contributed by atoms with E-state index in [0.717, 1.165) is 12.1 Å². The molecule has 0 spiro atoms. The van der Waals surface area contributed by atoms with Gasteiger partial charge in [-0.2, -0.15) is 0 Å². The summed E-state index contributed by atoms with van der Waals surface area (Å²) in [6.07, 6.45) is 0. The second kappa shape index (κ2) is 9.17. The van der Waals surface area contributed by atoms with Crippen LogP contribution in [0, 0.1) is 18.8 Å². The minimum atomic E-state index is -0.271. The molecule has 1 aliphatic rings. The number of aliphatic hydroxyl groups excluding tert-OH is 2. The number of aryl methyl sites for hydroxylation is 1. The first kappa shape index (κ1) is 19.7. The summed E-state index contributed by atoms with van der Waals surface area (Å²) in [4.78, 5) is 14.3. The smallest absolute Gasteiger partial charge is 0.258 e. The van der Waals surface area contributed by atoms with Crippen LogP contribution in [0.1, 0.15) is 19.4 Å². The van der Waals surface area contributed by atoms with Crippen LogP contribution >= 0.6 is 0 Å². The summed E-state index contributed by atoms with van der Waals surface area (Å²) in [6.45, 7) is 7.45. The van der Waals surface area contributed by atoms with Crippen LogP contribution < -0.4 is 10.1 Å². The SMILES string of the molecule is Cc1ccc(OCC(=O)N[C@@H]2CN(C(CO)CO)C[C@H]2C(C)C)cc1. The molecule has 0 unspecified atom stereocenters. The maximum absolute atomic E-state index is 12.3. The topological polar surface area (TPSA) is 82.0 Å². The molecule has 25 heavy (non-hydrogen) atoms. The van der Waals surface area contributed by atoms with E-state index < -0.39 is 0 Å². The van der Waals surface area contributed by atoms with E-state index in [0.29, 0.717) is 18.2 Å². The normalized spacial score (nSPS) is 21.1. The maximum atomic E-state index is 12.3. The predicted octanol–water partition coefficient (Wildman–Crippen LogP) is 0.800. The van der Waals surface area contributed by atoms with Gasteiger partial charge in [0, 0.05) is 19.1 Å². The lowest BCUT2D eigenvalue weighted by Gasteiger charge is -2.24. The number of carbonyl (C=O) groups excluding carboxylic acids is 1. The fourth-order valence-corrected chi connectivity index (χ4v) is 3.31. The number of likely N-dealkylation sites (tertiary alicyclic amines) is 1. The minimum Gasteiger partial charge on any atom is -0.484 e. The highest BCUT2D eigenvalue weighted by molar-refractivity contribution is 5.78. The van der Waals surface area contributed by atoms with Gasteiger partial charge in [0.2, 0.25) is 0 Å². The van der Waals surface area contributed by atoms with Crippen molar-refractivity contribution < 1.29 is 19.7 Å². The molecule has 0 radical (unpaired) electrons. The highest BCUT2D eigenvalue weighted by Gasteiger charge is 2.38. The zero-order valence-electron chi connectivity index (χ0n) is 15.3. The van der Waals surface area contributed by atoms with Crippen molar-refractivity contribution in [3.63, 3.8) is 0 Å². The van der Waals surface area contributed by atoms with Crippen molar-refractivity contribution in [3.8, 4) is 5.75 Å². The zero-order chi connectivity index (χ0) is 18.4. The lowest BCUT2D eigenvalue weighted by Crippen LogP contribution is -2.45. The Balaban J connectivity index is 1.89. The van der Waals surface area contributed by atoms with Crippen molar-refractivity contribution in [2.75, 3.05) is 32.9 Å². The number of rotatable bonds is 8. The molecule has 1 fully saturated rings. The first-order chi connectivity index (χ1) is 11.9. The molecule has 1 amide bonds. The summed E-state index contributed by atoms with van der Waals surface area (Å²) in [5.74, 6) is 1.20. The van der Waals surface area contributed by atoms with Gasteiger partial charge in [-0.3, -0.25) is 9.69 Å². The molecule has 2 atom stereocenters. The second-order valence-electron chi connectivity index (χ2n) is 7.16. The Labute approximate surface area is 149 Å². The summed E-state index contributed by atoms with van der Waals surface area (Å²) in [7, 11) is 0. The molecule has 140 valence electrons. The molecule has 1 aliphatic heterocycles. The Morgan fingerprint density at radius 2 is 1.88 bits per heavy atom. The van der Waals surface area contributed by atoms with Crippen molar-refractivity contribution in [2.24, 2.45) is 11.8 Å². The first-order valence-electron chi connectivity index (χ1n) is 8.89. The van der Waals surface area contributed by atoms with E-state index in [4.69, 9.17) is 4.74 Å². The van der Waals surface area contributed by atoms with Gasteiger partial charge in [-0.05, 0) is 30.9 Å². The number of nitrogens with zero attached hydrogens (tertiary/aromatic N) is 1. The van der Waals surface area contributed by atoms with E-state index in [-0.39, 0.29) is 43.7 Å². The van der Waals surface area contributed by atoms with Crippen molar-refractivity contribution >= 4 is 5.91 Å². The third-order valence-corrected chi connectivity index (χ3v) is 4.92. The quantitative estimate of drug-likeness (QED) is 0.646. The number of aliphatic hydroxyl groups is 2. The third kappa shape index (κ3) is 5.42. The van der Waals surface area contributed by atoms with Crippen LogP contribution in [-0.4, -0.2) is 66.0 Å². The van der Waals surface area contributed by atoms with Crippen LogP contribution in [0.25, 0.3) is 0 Å². The summed E-state index contributed by atoms with van der Waals surface area (Å²) in [5, 5.41) is 21.9. The van der Waals surface area contributed by atoms with Crippen LogP contribution in [0.15, 0.2) is 24.3 Å². The lowest BCUT2D eigenvalue weighted by molar-refractivity contribution is -0.124. The second-order valence-corrected chi connectivity index (χ2v) is 7.16. The van der Waals surface area contributed by atoms with E-state index in [1.807, 2.05) is 31.2 Å². The van der Waals surface area contributed by atoms with E-state index in [9.17, 15) is 15.0 Å². The molecule has 6 heteroatoms. The van der Waals surface area contributed by atoms with Gasteiger partial charge in [0.05, 0.1) is 19.3 Å². The fourth-order valence-electron chi connectivity index (χ4n) is 3.31. The zero-order valence-corrected chi connectivity index (χ0v) is 15.3. The Morgan fingerprint density at radius 1 is 1.24 bits per heavy atom. The van der Waals surface area contributed by atoms with Crippen molar-refractivity contribution in [2.45, 2.75) is 32.9 Å². The summed E-state index contributed by atoms with van der Waals surface area (Å²) < 4.78 is 5.54. The number of amides is 1. The number of hydrogen-bond acceptors (Lipinski definition) is 5. The molecule has 1 aromatic carbocycles. The van der Waals surface area contributed by atoms with E-state index >= 15 is 0 Å². The molecular weight excluding hydrogens is 320 g/mol. The van der Waals surface area contributed by atoms with Gasteiger partial charge >= 0.3 is 0 Å². The van der Waals surface area contributed by atoms with E-state index in [2.05, 4.69) is 24.1 Å². The van der Waals surface area contributed by atoms with Crippen LogP contribution in [-0.2, 0) is 4.79 Å². The van der Waals surface area contributed by atoms with Gasteiger partial charge in [0.1, 0.15) is 5.75 Å². The molecule has 6 nitrogen and oxygen atoms in total. The molecule has 0 aliphatic carbocycles. The Kier molecular flexibility index (Phi) is 7.23. The van der Waals surface area contributed by atoms with Crippen molar-refractivity contribution in [1.29, 1.82) is 0 Å². The summed E-state index contributed by atoms with van der Waals surface area (Å²) in [6, 6.07) is 7.32. The Bertz CT molecular complexity index is 543. The Hall–Kier alpha value is -1.63. The number of ether oxygens (including phenoxy) is 1. The summed E-state index contributed by atoms with van der Waals surface area (Å²) in [5.41, 5.74) is 1.14. The van der Waals surface area contributed by atoms with Crippen LogP contribution in [0.3, 0.4) is 0 Å². The average molecular weight is 350 g/mol. The standard InChI is InChI=1S/C19H30N2O4/c1-13(2)17-8-21(15(10-22)11-23)9-18(17)20-19(24)12-25-16-6-4-14(3)5-7-16/h4-7,13,15,17-18,22-23H,8-12H2,1-3H3,(H,20,24)/t17-,18+/m0/s1. The van der Waals surface area contributed by atoms with Crippen LogP contribution in [0.2, 0.25) is 0 Å². The highest BCUT2D eigenvalue weighted by Crippen LogP contribution is 2.26. The number of benzene rings is 1. The molecule has 0 bridgehead atoms. The van der Waals surface area contributed by atoms with E-state index in [1.165, 1.54) is 0 Å². The first-order valence-corrected chi connectivity index (χ1v) is 8.89. The fraction of sp³-hybridized carbons (Fsp3) is 0.632. The number of nitrogens with one attached hydrogen (secondary N) is 1. The molecule has 1 aromatic rings. The van der Waals surface area contributed by atoms with Gasteiger partial charge in [0.25, 0.3) is 5.91 Å². The Morgan fingerprint density at radius 3 is 2.44 bits per heavy atom. The monoisotopic (exact) mass is 350 g/mol. The van der Waals surface area contributed by atoms with Gasteiger partial charge in [-0.25, -0.2) is 0 Å². The summed E-state index contributed by atoms with van der Waals surface area (Å²) >= 11 is 0. The molecule has 2 rings (SSSR count). The van der Waals surface area contributed by atoms with Gasteiger partial charge in [-0.15, -0.1) is 0 Å². The number of carbonyl (C=O) groups is 1. The largest absolute Gasteiger partial charge is 0.484 e. The predicted molar refractivity (Wildman–Crippen MR) is 96.5 cm³/mol. The highest BCUT2D eigenvalue weighted by atomic mass is 16.5.